The molecule has 0 aromatic carbocycles. The Morgan fingerprint density at radius 3 is 2.95 bits per heavy atom. The van der Waals surface area contributed by atoms with Crippen molar-refractivity contribution in [2.75, 3.05) is 19.7 Å². The molecule has 6 nitrogen and oxygen atoms in total. The minimum absolute atomic E-state index is 0.0662. The van der Waals surface area contributed by atoms with Crippen molar-refractivity contribution in [2.24, 2.45) is 0 Å². The number of rotatable bonds is 2. The number of aromatic nitrogens is 1. The molecule has 0 spiro atoms. The highest BCUT2D eigenvalue weighted by molar-refractivity contribution is 5.76. The van der Waals surface area contributed by atoms with Gasteiger partial charge in [-0.2, -0.15) is 0 Å². The third-order valence-corrected chi connectivity index (χ3v) is 3.08. The maximum atomic E-state index is 12.1. The molecule has 19 heavy (non-hydrogen) atoms. The van der Waals surface area contributed by atoms with Gasteiger partial charge in [0, 0.05) is 19.3 Å². The second-order valence-corrected chi connectivity index (χ2v) is 5.25. The lowest BCUT2D eigenvalue weighted by atomic mass is 10.1. The zero-order chi connectivity index (χ0) is 14.0. The smallest absolute Gasteiger partial charge is 0.293 e. The van der Waals surface area contributed by atoms with Crippen LogP contribution in [0.25, 0.3) is 0 Å². The van der Waals surface area contributed by atoms with Gasteiger partial charge in [-0.15, -0.1) is 0 Å². The second-order valence-electron chi connectivity index (χ2n) is 5.25. The SMILES string of the molecule is CC1(C)CN(C(=O)Cn2cccc(O)c2=O)CCO1. The van der Waals surface area contributed by atoms with Crippen LogP contribution in [0.5, 0.6) is 5.75 Å². The van der Waals surface area contributed by atoms with Gasteiger partial charge in [0.05, 0.1) is 12.2 Å². The zero-order valence-electron chi connectivity index (χ0n) is 11.1. The molecular weight excluding hydrogens is 248 g/mol. The van der Waals surface area contributed by atoms with E-state index in [4.69, 9.17) is 4.74 Å². The number of carbonyl (C=O) groups excluding carboxylic acids is 1. The summed E-state index contributed by atoms with van der Waals surface area (Å²) in [4.78, 5) is 25.5. The number of nitrogens with zero attached hydrogens (tertiary/aromatic N) is 2. The van der Waals surface area contributed by atoms with Gasteiger partial charge < -0.3 is 19.3 Å². The maximum Gasteiger partial charge on any atom is 0.293 e. The molecule has 0 atom stereocenters. The monoisotopic (exact) mass is 266 g/mol. The van der Waals surface area contributed by atoms with Crippen LogP contribution in [0, 0.1) is 0 Å². The van der Waals surface area contributed by atoms with E-state index in [9.17, 15) is 14.7 Å². The van der Waals surface area contributed by atoms with Crippen LogP contribution in [-0.2, 0) is 16.1 Å². The van der Waals surface area contributed by atoms with Gasteiger partial charge in [0.15, 0.2) is 5.75 Å². The van der Waals surface area contributed by atoms with Crippen molar-refractivity contribution in [3.8, 4) is 5.75 Å². The molecule has 104 valence electrons. The molecule has 1 aliphatic rings. The molecule has 1 amide bonds. The fraction of sp³-hybridized carbons (Fsp3) is 0.538. The van der Waals surface area contributed by atoms with E-state index in [1.165, 1.54) is 22.9 Å². The van der Waals surface area contributed by atoms with Crippen LogP contribution < -0.4 is 5.56 Å². The van der Waals surface area contributed by atoms with Crippen LogP contribution in [0.2, 0.25) is 0 Å². The van der Waals surface area contributed by atoms with E-state index in [1.807, 2.05) is 13.8 Å². The first-order valence-electron chi connectivity index (χ1n) is 6.19. The molecule has 0 bridgehead atoms. The first kappa shape index (κ1) is 13.6. The Balaban J connectivity index is 2.09. The second kappa shape index (κ2) is 5.05. The van der Waals surface area contributed by atoms with Crippen LogP contribution in [0.3, 0.4) is 0 Å². The van der Waals surface area contributed by atoms with Crippen molar-refractivity contribution < 1.29 is 14.6 Å². The predicted octanol–water partition coefficient (Wildman–Crippen LogP) is 0.191. The van der Waals surface area contributed by atoms with Crippen LogP contribution >= 0.6 is 0 Å². The summed E-state index contributed by atoms with van der Waals surface area (Å²) in [5.41, 5.74) is -0.916. The molecule has 1 aromatic rings. The van der Waals surface area contributed by atoms with Crippen LogP contribution in [-0.4, -0.2) is 45.8 Å². The molecule has 0 unspecified atom stereocenters. The number of aromatic hydroxyl groups is 1. The van der Waals surface area contributed by atoms with E-state index in [0.29, 0.717) is 19.7 Å². The maximum absolute atomic E-state index is 12.1. The van der Waals surface area contributed by atoms with Gasteiger partial charge in [-0.05, 0) is 26.0 Å². The van der Waals surface area contributed by atoms with E-state index in [0.717, 1.165) is 0 Å². The van der Waals surface area contributed by atoms with Gasteiger partial charge in [-0.3, -0.25) is 9.59 Å². The van der Waals surface area contributed by atoms with Gasteiger partial charge >= 0.3 is 0 Å². The van der Waals surface area contributed by atoms with Crippen molar-refractivity contribution in [3.63, 3.8) is 0 Å². The summed E-state index contributed by atoms with van der Waals surface area (Å²) >= 11 is 0. The highest BCUT2D eigenvalue weighted by Gasteiger charge is 2.29. The lowest BCUT2D eigenvalue weighted by Crippen LogP contribution is -2.51. The zero-order valence-corrected chi connectivity index (χ0v) is 11.1. The van der Waals surface area contributed by atoms with E-state index >= 15 is 0 Å². The Kier molecular flexibility index (Phi) is 3.61. The standard InChI is InChI=1S/C13H18N2O4/c1-13(2)9-15(6-7-19-13)11(17)8-14-5-3-4-10(16)12(14)18/h3-5,16H,6-9H2,1-2H3. The summed E-state index contributed by atoms with van der Waals surface area (Å²) in [5.74, 6) is -0.498. The fourth-order valence-corrected chi connectivity index (χ4v) is 2.12. The lowest BCUT2D eigenvalue weighted by Gasteiger charge is -2.38. The van der Waals surface area contributed by atoms with Crippen molar-refractivity contribution in [1.82, 2.24) is 9.47 Å². The third-order valence-electron chi connectivity index (χ3n) is 3.08. The molecule has 1 N–H and O–H groups in total. The average molecular weight is 266 g/mol. The van der Waals surface area contributed by atoms with E-state index < -0.39 is 5.56 Å². The van der Waals surface area contributed by atoms with Gasteiger partial charge in [0.2, 0.25) is 5.91 Å². The Hall–Kier alpha value is -1.82. The number of carbonyl (C=O) groups is 1. The minimum atomic E-state index is -0.552. The van der Waals surface area contributed by atoms with Gasteiger partial charge in [0.1, 0.15) is 6.54 Å². The topological polar surface area (TPSA) is 71.8 Å². The summed E-state index contributed by atoms with van der Waals surface area (Å²) in [7, 11) is 0. The molecular formula is C13H18N2O4. The van der Waals surface area contributed by atoms with Crippen molar-refractivity contribution in [1.29, 1.82) is 0 Å². The Morgan fingerprint density at radius 2 is 2.26 bits per heavy atom. The Bertz CT molecular complexity index is 536. The van der Waals surface area contributed by atoms with E-state index in [-0.39, 0.29) is 23.8 Å². The molecule has 1 fully saturated rings. The Morgan fingerprint density at radius 1 is 1.53 bits per heavy atom. The molecule has 2 heterocycles. The van der Waals surface area contributed by atoms with Gasteiger partial charge in [0.25, 0.3) is 5.56 Å². The Labute approximate surface area is 111 Å². The van der Waals surface area contributed by atoms with Crippen molar-refractivity contribution >= 4 is 5.91 Å². The number of morpholine rings is 1. The average Bonchev–Trinajstić information content (AvgIpc) is 2.33. The molecule has 0 radical (unpaired) electrons. The van der Waals surface area contributed by atoms with Gasteiger partial charge in [-0.1, -0.05) is 0 Å². The largest absolute Gasteiger partial charge is 0.503 e. The van der Waals surface area contributed by atoms with E-state index in [2.05, 4.69) is 0 Å². The van der Waals surface area contributed by atoms with Crippen LogP contribution in [0.1, 0.15) is 13.8 Å². The highest BCUT2D eigenvalue weighted by atomic mass is 16.5. The quantitative estimate of drug-likeness (QED) is 0.829. The summed E-state index contributed by atoms with van der Waals surface area (Å²) in [6.45, 7) is 5.30. The third kappa shape index (κ3) is 3.14. The minimum Gasteiger partial charge on any atom is -0.503 e. The molecule has 2 rings (SSSR count). The molecule has 1 aromatic heterocycles. The predicted molar refractivity (Wildman–Crippen MR) is 69.0 cm³/mol. The van der Waals surface area contributed by atoms with Crippen molar-refractivity contribution in [2.45, 2.75) is 26.0 Å². The molecule has 1 aliphatic heterocycles. The summed E-state index contributed by atoms with van der Waals surface area (Å²) in [5, 5.41) is 9.33. The van der Waals surface area contributed by atoms with Crippen molar-refractivity contribution in [3.05, 3.63) is 28.7 Å². The van der Waals surface area contributed by atoms with E-state index in [1.54, 1.807) is 4.90 Å². The van der Waals surface area contributed by atoms with Crippen LogP contribution in [0.4, 0.5) is 0 Å². The first-order valence-corrected chi connectivity index (χ1v) is 6.19. The lowest BCUT2D eigenvalue weighted by molar-refractivity contribution is -0.146. The summed E-state index contributed by atoms with van der Waals surface area (Å²) < 4.78 is 6.74. The molecule has 1 saturated heterocycles. The summed E-state index contributed by atoms with van der Waals surface area (Å²) in [6.07, 6.45) is 1.49. The number of pyridine rings is 1. The first-order chi connectivity index (χ1) is 8.89. The molecule has 6 heteroatoms. The molecule has 0 saturated carbocycles. The highest BCUT2D eigenvalue weighted by Crippen LogP contribution is 2.16. The van der Waals surface area contributed by atoms with Gasteiger partial charge in [-0.25, -0.2) is 0 Å². The summed E-state index contributed by atoms with van der Waals surface area (Å²) in [6, 6.07) is 2.84. The normalized spacial score (nSPS) is 18.3. The number of ether oxygens (including phenoxy) is 1. The number of hydrogen-bond acceptors (Lipinski definition) is 4. The van der Waals surface area contributed by atoms with Crippen LogP contribution in [0.15, 0.2) is 23.1 Å². The number of amides is 1. The molecule has 0 aliphatic carbocycles. The number of hydrogen-bond donors (Lipinski definition) is 1. The fourth-order valence-electron chi connectivity index (χ4n) is 2.12.